The maximum Gasteiger partial charge on any atom is 0.409 e. The summed E-state index contributed by atoms with van der Waals surface area (Å²) in [5, 5.41) is 14.6. The van der Waals surface area contributed by atoms with E-state index >= 15 is 0 Å². The smallest absolute Gasteiger partial charge is 0.409 e. The molecule has 51 heavy (non-hydrogen) atoms. The first-order valence-corrected chi connectivity index (χ1v) is 18.2. The van der Waals surface area contributed by atoms with Crippen molar-refractivity contribution >= 4 is 44.6 Å². The van der Waals surface area contributed by atoms with Crippen LogP contribution in [0.1, 0.15) is 64.1 Å². The molecule has 0 aliphatic carbocycles. The molecular formula is C42H49N5O4. The minimum Gasteiger partial charge on any atom is -0.497 e. The van der Waals surface area contributed by atoms with Crippen LogP contribution in [0.25, 0.3) is 32.4 Å². The van der Waals surface area contributed by atoms with Gasteiger partial charge in [0.15, 0.2) is 0 Å². The fourth-order valence-corrected chi connectivity index (χ4v) is 8.26. The number of alkyl carbamates (subject to hydrolysis) is 1. The van der Waals surface area contributed by atoms with E-state index in [4.69, 9.17) is 9.47 Å². The lowest BCUT2D eigenvalue weighted by Gasteiger charge is -2.52. The largest absolute Gasteiger partial charge is 0.497 e. The molecule has 8 rings (SSSR count). The van der Waals surface area contributed by atoms with Gasteiger partial charge in [-0.2, -0.15) is 0 Å². The van der Waals surface area contributed by atoms with Crippen LogP contribution in [0.4, 0.5) is 9.59 Å². The van der Waals surface area contributed by atoms with Gasteiger partial charge in [0.1, 0.15) is 18.5 Å². The minimum absolute atomic E-state index is 0.0921. The van der Waals surface area contributed by atoms with E-state index in [0.717, 1.165) is 75.3 Å². The third-order valence-electron chi connectivity index (χ3n) is 11.1. The van der Waals surface area contributed by atoms with Gasteiger partial charge >= 0.3 is 12.1 Å². The van der Waals surface area contributed by atoms with E-state index in [2.05, 4.69) is 63.1 Å². The Balaban J connectivity index is 1.12. The number of piperidine rings is 3. The van der Waals surface area contributed by atoms with Crippen LogP contribution in [0, 0.1) is 17.3 Å². The fraction of sp³-hybridized carbons (Fsp3) is 0.405. The monoisotopic (exact) mass is 687 g/mol. The van der Waals surface area contributed by atoms with Gasteiger partial charge in [-0.1, -0.05) is 82.6 Å². The van der Waals surface area contributed by atoms with E-state index in [9.17, 15) is 9.59 Å². The van der Waals surface area contributed by atoms with Crippen LogP contribution in [0.15, 0.2) is 85.1 Å². The number of ether oxygens (including phenoxy) is 2. The minimum atomic E-state index is -0.711. The molecule has 9 heteroatoms. The van der Waals surface area contributed by atoms with Crippen LogP contribution in [0.5, 0.6) is 5.75 Å². The lowest BCUT2D eigenvalue weighted by atomic mass is 9.72. The molecule has 5 aromatic rings. The number of hydrogen-bond donors (Lipinski definition) is 3. The highest BCUT2D eigenvalue weighted by Crippen LogP contribution is 2.43. The number of methoxy groups -OCH3 is 1. The number of benzene rings is 4. The molecule has 4 aromatic carbocycles. The quantitative estimate of drug-likeness (QED) is 0.106. The summed E-state index contributed by atoms with van der Waals surface area (Å²) in [6, 6.07) is 25.8. The Bertz CT molecular complexity index is 2000. The molecule has 266 valence electrons. The number of carbonyl (C=O) groups excluding carboxylic acids is 2. The first kappa shape index (κ1) is 34.6. The first-order valence-electron chi connectivity index (χ1n) is 18.2. The van der Waals surface area contributed by atoms with Gasteiger partial charge in [-0.25, -0.2) is 9.59 Å². The average Bonchev–Trinajstić information content (AvgIpc) is 3.14. The molecule has 0 radical (unpaired) electrons. The summed E-state index contributed by atoms with van der Waals surface area (Å²) in [5.74, 6) is 2.03. The molecule has 0 saturated carbocycles. The molecule has 4 heterocycles. The number of rotatable bonds is 9. The molecule has 1 unspecified atom stereocenters. The Hall–Kier alpha value is -4.89. The van der Waals surface area contributed by atoms with E-state index < -0.39 is 17.7 Å². The Kier molecular flexibility index (Phi) is 9.75. The number of pyridine rings is 1. The molecule has 3 amide bonds. The predicted octanol–water partition coefficient (Wildman–Crippen LogP) is 8.31. The van der Waals surface area contributed by atoms with Crippen LogP contribution >= 0.6 is 0 Å². The molecule has 3 saturated heterocycles. The van der Waals surface area contributed by atoms with Gasteiger partial charge in [0.05, 0.1) is 18.7 Å². The van der Waals surface area contributed by atoms with E-state index in [1.54, 1.807) is 7.11 Å². The third kappa shape index (κ3) is 7.17. The normalized spacial score (nSPS) is 21.3. The Morgan fingerprint density at radius 2 is 1.65 bits per heavy atom. The Morgan fingerprint density at radius 1 is 0.922 bits per heavy atom. The summed E-state index contributed by atoms with van der Waals surface area (Å²) in [5.41, 5.74) is 2.28. The zero-order chi connectivity index (χ0) is 35.7. The average molecular weight is 688 g/mol. The van der Waals surface area contributed by atoms with Crippen LogP contribution < -0.4 is 20.7 Å². The van der Waals surface area contributed by atoms with Gasteiger partial charge in [-0.15, -0.1) is 0 Å². The SMILES string of the molecule is CC[C@H]1CN2CC[C@H]1C[C@H]2[C@@H](NC(=O)N[C@@H](NC(=O)OCc1c2ccccc2cc2ccccc12)C(C)(C)C)c1ccnc2ccc(OC)cc12. The van der Waals surface area contributed by atoms with Crippen molar-refractivity contribution in [3.8, 4) is 5.75 Å². The molecule has 3 aliphatic heterocycles. The van der Waals surface area contributed by atoms with Crippen LogP contribution in [0.3, 0.4) is 0 Å². The molecule has 3 aliphatic rings. The third-order valence-corrected chi connectivity index (χ3v) is 11.1. The molecular weight excluding hydrogens is 638 g/mol. The Morgan fingerprint density at radius 3 is 2.29 bits per heavy atom. The van der Waals surface area contributed by atoms with E-state index in [1.165, 1.54) is 6.42 Å². The molecule has 2 bridgehead atoms. The lowest BCUT2D eigenvalue weighted by Crippen LogP contribution is -2.61. The number of urea groups is 1. The van der Waals surface area contributed by atoms with Gasteiger partial charge in [0.2, 0.25) is 0 Å². The number of amides is 3. The van der Waals surface area contributed by atoms with Crippen molar-refractivity contribution in [3.05, 3.63) is 96.2 Å². The second kappa shape index (κ2) is 14.4. The van der Waals surface area contributed by atoms with Crippen LogP contribution in [-0.4, -0.2) is 54.4 Å². The van der Waals surface area contributed by atoms with Crippen molar-refractivity contribution in [1.82, 2.24) is 25.8 Å². The highest BCUT2D eigenvalue weighted by molar-refractivity contribution is 6.02. The summed E-state index contributed by atoms with van der Waals surface area (Å²) in [6.07, 6.45) is 3.86. The number of aromatic nitrogens is 1. The van der Waals surface area contributed by atoms with Crippen molar-refractivity contribution in [3.63, 3.8) is 0 Å². The molecule has 0 spiro atoms. The molecule has 6 atom stereocenters. The summed E-state index contributed by atoms with van der Waals surface area (Å²) in [4.78, 5) is 34.7. The van der Waals surface area contributed by atoms with Crippen molar-refractivity contribution in [2.45, 2.75) is 71.8 Å². The maximum absolute atomic E-state index is 14.1. The standard InChI is InChI=1S/C42H49N5O4/c1-6-26-24-47-20-18-27(26)22-37(47)38(33-17-19-43-36-16-15-30(50-5)23-34(33)36)44-40(48)45-39(42(2,3)4)46-41(49)51-25-35-31-13-9-7-11-28(31)21-29-12-8-10-14-32(29)35/h7-17,19,21,23,26-27,37-39H,6,18,20,22,24-25H2,1-5H3,(H,46,49)(H2,44,45,48)/t26-,27-,37-,38-,39-/m0/s1. The van der Waals surface area contributed by atoms with E-state index in [-0.39, 0.29) is 24.7 Å². The van der Waals surface area contributed by atoms with Crippen molar-refractivity contribution in [1.29, 1.82) is 0 Å². The molecule has 3 N–H and O–H groups in total. The summed E-state index contributed by atoms with van der Waals surface area (Å²) in [6.45, 7) is 10.4. The van der Waals surface area contributed by atoms with Crippen LogP contribution in [0.2, 0.25) is 0 Å². The maximum atomic E-state index is 14.1. The molecule has 9 nitrogen and oxygen atoms in total. The number of nitrogens with zero attached hydrogens (tertiary/aromatic N) is 2. The zero-order valence-electron chi connectivity index (χ0n) is 30.2. The van der Waals surface area contributed by atoms with E-state index in [0.29, 0.717) is 11.8 Å². The number of hydrogen-bond acceptors (Lipinski definition) is 6. The number of nitrogens with one attached hydrogen (secondary N) is 3. The van der Waals surface area contributed by atoms with Gasteiger partial charge in [-0.05, 0) is 88.7 Å². The topological polar surface area (TPSA) is 105 Å². The fourth-order valence-electron chi connectivity index (χ4n) is 8.26. The van der Waals surface area contributed by atoms with Gasteiger partial charge < -0.3 is 25.4 Å². The van der Waals surface area contributed by atoms with Crippen LogP contribution in [-0.2, 0) is 11.3 Å². The van der Waals surface area contributed by atoms with E-state index in [1.807, 2.05) is 75.5 Å². The second-order valence-electron chi connectivity index (χ2n) is 15.2. The highest BCUT2D eigenvalue weighted by Gasteiger charge is 2.44. The van der Waals surface area contributed by atoms with Gasteiger partial charge in [0.25, 0.3) is 0 Å². The van der Waals surface area contributed by atoms with Gasteiger partial charge in [-0.3, -0.25) is 9.88 Å². The number of fused-ring (bicyclic) bond motifs is 6. The van der Waals surface area contributed by atoms with Crippen molar-refractivity contribution in [2.24, 2.45) is 17.3 Å². The van der Waals surface area contributed by atoms with Crippen molar-refractivity contribution < 1.29 is 19.1 Å². The molecule has 3 fully saturated rings. The second-order valence-corrected chi connectivity index (χ2v) is 15.2. The lowest BCUT2D eigenvalue weighted by molar-refractivity contribution is -0.0144. The van der Waals surface area contributed by atoms with Crippen molar-refractivity contribution in [2.75, 3.05) is 20.2 Å². The predicted molar refractivity (Wildman–Crippen MR) is 203 cm³/mol. The highest BCUT2D eigenvalue weighted by atomic mass is 16.5. The Labute approximate surface area is 300 Å². The van der Waals surface area contributed by atoms with Gasteiger partial charge in [0, 0.05) is 35.1 Å². The summed E-state index contributed by atoms with van der Waals surface area (Å²) < 4.78 is 11.5. The first-order chi connectivity index (χ1) is 24.6. The summed E-state index contributed by atoms with van der Waals surface area (Å²) in [7, 11) is 1.66. The summed E-state index contributed by atoms with van der Waals surface area (Å²) >= 11 is 0. The number of carbonyl (C=O) groups is 2. The zero-order valence-corrected chi connectivity index (χ0v) is 30.2. The molecule has 1 aromatic heterocycles.